The lowest BCUT2D eigenvalue weighted by molar-refractivity contribution is -0.116. The molecule has 0 aliphatic carbocycles. The molecule has 0 radical (unpaired) electrons. The van der Waals surface area contributed by atoms with Crippen LogP contribution in [0, 0.1) is 0 Å². The van der Waals surface area contributed by atoms with Gasteiger partial charge in [-0.1, -0.05) is 0 Å². The zero-order chi connectivity index (χ0) is 18.5. The molecule has 1 heterocycles. The maximum absolute atomic E-state index is 12.2. The fourth-order valence-electron chi connectivity index (χ4n) is 2.71. The van der Waals surface area contributed by atoms with Crippen molar-refractivity contribution < 1.29 is 23.9 Å². The van der Waals surface area contributed by atoms with E-state index in [0.29, 0.717) is 42.0 Å². The first kappa shape index (κ1) is 17.7. The zero-order valence-corrected chi connectivity index (χ0v) is 14.4. The molecule has 0 spiro atoms. The van der Waals surface area contributed by atoms with Crippen molar-refractivity contribution >= 4 is 23.3 Å². The van der Waals surface area contributed by atoms with Crippen molar-refractivity contribution in [3.05, 3.63) is 59.2 Å². The van der Waals surface area contributed by atoms with Crippen LogP contribution in [-0.4, -0.2) is 30.9 Å². The van der Waals surface area contributed by atoms with Crippen LogP contribution in [0.4, 0.5) is 5.69 Å². The minimum absolute atomic E-state index is 0.0335. The molecule has 2 aromatic carbocycles. The molecule has 0 fully saturated rings. The second-order valence-electron chi connectivity index (χ2n) is 5.88. The Morgan fingerprint density at radius 2 is 1.77 bits per heavy atom. The molecule has 0 unspecified atom stereocenters. The van der Waals surface area contributed by atoms with E-state index in [1.807, 2.05) is 6.92 Å². The van der Waals surface area contributed by atoms with Gasteiger partial charge in [-0.15, -0.1) is 0 Å². The summed E-state index contributed by atoms with van der Waals surface area (Å²) in [6, 6.07) is 11.6. The van der Waals surface area contributed by atoms with Crippen molar-refractivity contribution in [3.8, 4) is 5.75 Å². The predicted octanol–water partition coefficient (Wildman–Crippen LogP) is 3.01. The molecular formula is C20H19NO5. The molecule has 0 bridgehead atoms. The number of ether oxygens (including phenoxy) is 2. The molecule has 134 valence electrons. The number of rotatable bonds is 6. The number of ketones is 1. The standard InChI is InChI=1S/C20H19NO5/c1-2-25-16-7-3-13(4-8-16)18(22)12-26-20(24)15-5-9-17-14(11-15)6-10-19(23)21-17/h3-5,7-9,11H,2,6,10,12H2,1H3,(H,21,23). The summed E-state index contributed by atoms with van der Waals surface area (Å²) in [6.07, 6.45) is 0.967. The van der Waals surface area contributed by atoms with Crippen LogP contribution in [0.25, 0.3) is 0 Å². The van der Waals surface area contributed by atoms with Gasteiger partial charge in [0, 0.05) is 17.7 Å². The van der Waals surface area contributed by atoms with Crippen LogP contribution < -0.4 is 10.1 Å². The normalized spacial score (nSPS) is 12.7. The summed E-state index contributed by atoms with van der Waals surface area (Å²) in [4.78, 5) is 35.7. The molecule has 26 heavy (non-hydrogen) atoms. The van der Waals surface area contributed by atoms with Gasteiger partial charge in [0.2, 0.25) is 5.91 Å². The summed E-state index contributed by atoms with van der Waals surface area (Å²) in [7, 11) is 0. The summed E-state index contributed by atoms with van der Waals surface area (Å²) < 4.78 is 10.5. The van der Waals surface area contributed by atoms with E-state index in [0.717, 1.165) is 5.56 Å². The minimum atomic E-state index is -0.566. The number of benzene rings is 2. The fourth-order valence-corrected chi connectivity index (χ4v) is 2.71. The van der Waals surface area contributed by atoms with Crippen molar-refractivity contribution in [1.82, 2.24) is 0 Å². The zero-order valence-electron chi connectivity index (χ0n) is 14.4. The second kappa shape index (κ2) is 7.82. The number of nitrogens with one attached hydrogen (secondary N) is 1. The fraction of sp³-hybridized carbons (Fsp3) is 0.250. The Labute approximate surface area is 151 Å². The highest BCUT2D eigenvalue weighted by Gasteiger charge is 2.18. The number of anilines is 1. The maximum atomic E-state index is 12.2. The number of amides is 1. The SMILES string of the molecule is CCOc1ccc(C(=O)COC(=O)c2ccc3c(c2)CCC(=O)N3)cc1. The Morgan fingerprint density at radius 3 is 2.50 bits per heavy atom. The largest absolute Gasteiger partial charge is 0.494 e. The lowest BCUT2D eigenvalue weighted by atomic mass is 10.0. The Balaban J connectivity index is 1.60. The average Bonchev–Trinajstić information content (AvgIpc) is 2.66. The Bertz CT molecular complexity index is 842. The molecule has 1 aliphatic heterocycles. The average molecular weight is 353 g/mol. The topological polar surface area (TPSA) is 81.7 Å². The van der Waals surface area contributed by atoms with Crippen molar-refractivity contribution in [2.24, 2.45) is 0 Å². The van der Waals surface area contributed by atoms with Gasteiger partial charge in [0.25, 0.3) is 0 Å². The van der Waals surface area contributed by atoms with Crippen LogP contribution in [0.1, 0.15) is 39.6 Å². The van der Waals surface area contributed by atoms with Crippen LogP contribution in [0.5, 0.6) is 5.75 Å². The van der Waals surface area contributed by atoms with Crippen LogP contribution in [0.3, 0.4) is 0 Å². The van der Waals surface area contributed by atoms with E-state index < -0.39 is 5.97 Å². The van der Waals surface area contributed by atoms with E-state index in [2.05, 4.69) is 5.32 Å². The van der Waals surface area contributed by atoms with Crippen LogP contribution >= 0.6 is 0 Å². The van der Waals surface area contributed by atoms with Gasteiger partial charge in [0.05, 0.1) is 12.2 Å². The van der Waals surface area contributed by atoms with E-state index in [9.17, 15) is 14.4 Å². The van der Waals surface area contributed by atoms with Gasteiger partial charge in [0.1, 0.15) is 5.75 Å². The van der Waals surface area contributed by atoms with E-state index in [1.54, 1.807) is 42.5 Å². The summed E-state index contributed by atoms with van der Waals surface area (Å²) in [5, 5.41) is 2.76. The molecule has 0 saturated carbocycles. The number of hydrogen-bond acceptors (Lipinski definition) is 5. The third kappa shape index (κ3) is 4.08. The molecule has 1 amide bonds. The highest BCUT2D eigenvalue weighted by molar-refractivity contribution is 6.00. The summed E-state index contributed by atoms with van der Waals surface area (Å²) in [5.74, 6) is -0.202. The molecule has 2 aromatic rings. The van der Waals surface area contributed by atoms with Gasteiger partial charge in [-0.25, -0.2) is 4.79 Å². The molecule has 0 saturated heterocycles. The summed E-state index contributed by atoms with van der Waals surface area (Å²) in [6.45, 7) is 2.10. The smallest absolute Gasteiger partial charge is 0.338 e. The van der Waals surface area contributed by atoms with Gasteiger partial charge in [-0.2, -0.15) is 0 Å². The molecule has 3 rings (SSSR count). The second-order valence-corrected chi connectivity index (χ2v) is 5.88. The molecule has 0 aromatic heterocycles. The van der Waals surface area contributed by atoms with Gasteiger partial charge in [-0.3, -0.25) is 9.59 Å². The van der Waals surface area contributed by atoms with E-state index in [-0.39, 0.29) is 18.3 Å². The molecular weight excluding hydrogens is 334 g/mol. The number of esters is 1. The lowest BCUT2D eigenvalue weighted by Gasteiger charge is -2.17. The molecule has 1 aliphatic rings. The number of hydrogen-bond donors (Lipinski definition) is 1. The summed E-state index contributed by atoms with van der Waals surface area (Å²) in [5.41, 5.74) is 2.41. The maximum Gasteiger partial charge on any atom is 0.338 e. The van der Waals surface area contributed by atoms with Crippen molar-refractivity contribution in [3.63, 3.8) is 0 Å². The number of Topliss-reactive ketones (excluding diaryl/α,β-unsaturated/α-hetero) is 1. The Hall–Kier alpha value is -3.15. The quantitative estimate of drug-likeness (QED) is 0.638. The van der Waals surface area contributed by atoms with Crippen LogP contribution in [-0.2, 0) is 16.0 Å². The molecule has 6 heteroatoms. The highest BCUT2D eigenvalue weighted by atomic mass is 16.5. The first-order chi connectivity index (χ1) is 12.6. The van der Waals surface area contributed by atoms with Gasteiger partial charge in [0.15, 0.2) is 12.4 Å². The van der Waals surface area contributed by atoms with Crippen molar-refractivity contribution in [2.75, 3.05) is 18.5 Å². The third-order valence-corrected chi connectivity index (χ3v) is 4.06. The number of carbonyl (C=O) groups is 3. The highest BCUT2D eigenvalue weighted by Crippen LogP contribution is 2.24. The number of carbonyl (C=O) groups excluding carboxylic acids is 3. The van der Waals surface area contributed by atoms with Crippen LogP contribution in [0.2, 0.25) is 0 Å². The minimum Gasteiger partial charge on any atom is -0.494 e. The first-order valence-electron chi connectivity index (χ1n) is 8.43. The van der Waals surface area contributed by atoms with E-state index in [4.69, 9.17) is 9.47 Å². The number of aryl methyl sites for hydroxylation is 1. The van der Waals surface area contributed by atoms with Crippen molar-refractivity contribution in [1.29, 1.82) is 0 Å². The van der Waals surface area contributed by atoms with Crippen LogP contribution in [0.15, 0.2) is 42.5 Å². The predicted molar refractivity (Wildman–Crippen MR) is 95.6 cm³/mol. The van der Waals surface area contributed by atoms with Gasteiger partial charge >= 0.3 is 5.97 Å². The summed E-state index contributed by atoms with van der Waals surface area (Å²) >= 11 is 0. The Morgan fingerprint density at radius 1 is 1.04 bits per heavy atom. The first-order valence-corrected chi connectivity index (χ1v) is 8.43. The lowest BCUT2D eigenvalue weighted by Crippen LogP contribution is -2.20. The monoisotopic (exact) mass is 353 g/mol. The van der Waals surface area contributed by atoms with Gasteiger partial charge in [-0.05, 0) is 61.4 Å². The molecule has 0 atom stereocenters. The molecule has 1 N–H and O–H groups in total. The van der Waals surface area contributed by atoms with Crippen molar-refractivity contribution in [2.45, 2.75) is 19.8 Å². The number of fused-ring (bicyclic) bond motifs is 1. The van der Waals surface area contributed by atoms with Gasteiger partial charge < -0.3 is 14.8 Å². The van der Waals surface area contributed by atoms with E-state index >= 15 is 0 Å². The third-order valence-electron chi connectivity index (χ3n) is 4.06. The van der Waals surface area contributed by atoms with E-state index in [1.165, 1.54) is 0 Å². The Kier molecular flexibility index (Phi) is 5.31. The molecule has 6 nitrogen and oxygen atoms in total.